The molecule has 0 saturated carbocycles. The van der Waals surface area contributed by atoms with Crippen LogP contribution in [-0.4, -0.2) is 38.9 Å². The second kappa shape index (κ2) is 6.08. The highest BCUT2D eigenvalue weighted by Gasteiger charge is 2.25. The van der Waals surface area contributed by atoms with E-state index in [1.807, 2.05) is 11.0 Å². The Bertz CT molecular complexity index is 608. The van der Waals surface area contributed by atoms with Gasteiger partial charge in [0.2, 0.25) is 0 Å². The van der Waals surface area contributed by atoms with Crippen molar-refractivity contribution in [2.75, 3.05) is 13.1 Å². The van der Waals surface area contributed by atoms with Gasteiger partial charge in [0.1, 0.15) is 0 Å². The maximum Gasteiger partial charge on any atom is 0.276 e. The van der Waals surface area contributed by atoms with Crippen molar-refractivity contribution < 1.29 is 4.79 Å². The number of hydrogen-bond donors (Lipinski definition) is 0. The molecule has 0 radical (unpaired) electrons. The first kappa shape index (κ1) is 13.8. The smallest absolute Gasteiger partial charge is 0.276 e. The van der Waals surface area contributed by atoms with Gasteiger partial charge < -0.3 is 4.90 Å². The third-order valence-corrected chi connectivity index (χ3v) is 4.05. The highest BCUT2D eigenvalue weighted by atomic mass is 16.2. The lowest BCUT2D eigenvalue weighted by molar-refractivity contribution is 0.0748. The van der Waals surface area contributed by atoms with E-state index in [-0.39, 0.29) is 5.91 Å². The summed E-state index contributed by atoms with van der Waals surface area (Å²) in [6.07, 6.45) is 5.03. The number of rotatable bonds is 2. The van der Waals surface area contributed by atoms with E-state index >= 15 is 0 Å². The van der Waals surface area contributed by atoms with Crippen LogP contribution in [0.1, 0.15) is 41.2 Å². The van der Waals surface area contributed by atoms with Crippen LogP contribution in [-0.2, 0) is 7.05 Å². The molecular weight excluding hydrogens is 264 g/mol. The average Bonchev–Trinajstić information content (AvgIpc) is 2.81. The van der Waals surface area contributed by atoms with E-state index in [0.717, 1.165) is 32.4 Å². The minimum atomic E-state index is -0.00840. The predicted octanol–water partition coefficient (Wildman–Crippen LogP) is 2.22. The molecule has 1 aromatic heterocycles. The zero-order valence-electron chi connectivity index (χ0n) is 12.3. The molecular formula is C16H20N4O. The Morgan fingerprint density at radius 2 is 2.05 bits per heavy atom. The number of benzene rings is 1. The molecule has 0 aliphatic carbocycles. The van der Waals surface area contributed by atoms with Gasteiger partial charge in [-0.05, 0) is 18.4 Å². The van der Waals surface area contributed by atoms with Gasteiger partial charge in [0.15, 0.2) is 5.69 Å². The van der Waals surface area contributed by atoms with Crippen molar-refractivity contribution in [2.24, 2.45) is 7.05 Å². The molecule has 1 aliphatic heterocycles. The SMILES string of the molecule is Cn1cc(C(=O)N2CCCC[C@@H](c3ccccc3)C2)nn1. The molecule has 110 valence electrons. The summed E-state index contributed by atoms with van der Waals surface area (Å²) in [4.78, 5) is 14.5. The van der Waals surface area contributed by atoms with Crippen LogP contribution < -0.4 is 0 Å². The van der Waals surface area contributed by atoms with Crippen LogP contribution in [0.2, 0.25) is 0 Å². The second-order valence-corrected chi connectivity index (χ2v) is 5.63. The summed E-state index contributed by atoms with van der Waals surface area (Å²) in [7, 11) is 1.78. The summed E-state index contributed by atoms with van der Waals surface area (Å²) in [6, 6.07) is 10.5. The highest BCUT2D eigenvalue weighted by Crippen LogP contribution is 2.26. The van der Waals surface area contributed by atoms with Gasteiger partial charge in [-0.2, -0.15) is 0 Å². The van der Waals surface area contributed by atoms with Gasteiger partial charge in [0.05, 0.1) is 6.20 Å². The lowest BCUT2D eigenvalue weighted by atomic mass is 9.94. The summed E-state index contributed by atoms with van der Waals surface area (Å²) in [6.45, 7) is 1.57. The molecule has 3 rings (SSSR count). The van der Waals surface area contributed by atoms with E-state index in [1.165, 1.54) is 5.56 Å². The fraction of sp³-hybridized carbons (Fsp3) is 0.438. The van der Waals surface area contributed by atoms with Crippen LogP contribution in [0, 0.1) is 0 Å². The van der Waals surface area contributed by atoms with Crippen LogP contribution in [0.15, 0.2) is 36.5 Å². The summed E-state index contributed by atoms with van der Waals surface area (Å²) >= 11 is 0. The Balaban J connectivity index is 1.77. The Labute approximate surface area is 124 Å². The van der Waals surface area contributed by atoms with Gasteiger partial charge in [-0.1, -0.05) is 42.0 Å². The van der Waals surface area contributed by atoms with Gasteiger partial charge in [-0.25, -0.2) is 0 Å². The Hall–Kier alpha value is -2.17. The lowest BCUT2D eigenvalue weighted by Gasteiger charge is -2.24. The molecule has 0 spiro atoms. The first-order valence-electron chi connectivity index (χ1n) is 7.44. The zero-order chi connectivity index (χ0) is 14.7. The zero-order valence-corrected chi connectivity index (χ0v) is 12.3. The first-order chi connectivity index (χ1) is 10.2. The van der Waals surface area contributed by atoms with Crippen molar-refractivity contribution in [2.45, 2.75) is 25.2 Å². The number of nitrogens with zero attached hydrogens (tertiary/aromatic N) is 4. The van der Waals surface area contributed by atoms with Crippen molar-refractivity contribution in [1.82, 2.24) is 19.9 Å². The normalized spacial score (nSPS) is 19.3. The second-order valence-electron chi connectivity index (χ2n) is 5.63. The topological polar surface area (TPSA) is 51.0 Å². The van der Waals surface area contributed by atoms with Gasteiger partial charge in [-0.15, -0.1) is 5.10 Å². The predicted molar refractivity (Wildman–Crippen MR) is 79.9 cm³/mol. The third kappa shape index (κ3) is 3.12. The van der Waals surface area contributed by atoms with E-state index in [2.05, 4.69) is 34.6 Å². The minimum Gasteiger partial charge on any atom is -0.337 e. The van der Waals surface area contributed by atoms with Crippen molar-refractivity contribution in [3.63, 3.8) is 0 Å². The van der Waals surface area contributed by atoms with Gasteiger partial charge in [0.25, 0.3) is 5.91 Å². The van der Waals surface area contributed by atoms with Crippen LogP contribution in [0.5, 0.6) is 0 Å². The molecule has 2 heterocycles. The molecule has 2 aromatic rings. The first-order valence-corrected chi connectivity index (χ1v) is 7.44. The largest absolute Gasteiger partial charge is 0.337 e. The van der Waals surface area contributed by atoms with Crippen molar-refractivity contribution >= 4 is 5.91 Å². The van der Waals surface area contributed by atoms with Crippen LogP contribution in [0.4, 0.5) is 0 Å². The molecule has 1 fully saturated rings. The number of carbonyl (C=O) groups excluding carboxylic acids is 1. The molecule has 5 heteroatoms. The van der Waals surface area contributed by atoms with E-state index in [0.29, 0.717) is 11.6 Å². The number of aromatic nitrogens is 3. The molecule has 1 saturated heterocycles. The summed E-state index contributed by atoms with van der Waals surface area (Å²) in [5, 5.41) is 7.79. The molecule has 21 heavy (non-hydrogen) atoms. The molecule has 1 atom stereocenters. The third-order valence-electron chi connectivity index (χ3n) is 4.05. The standard InChI is InChI=1S/C16H20N4O/c1-19-12-15(17-18-19)16(21)20-10-6-5-9-14(11-20)13-7-3-2-4-8-13/h2-4,7-8,12,14H,5-6,9-11H2,1H3/t14-/m1/s1. The fourth-order valence-corrected chi connectivity index (χ4v) is 2.93. The van der Waals surface area contributed by atoms with Crippen molar-refractivity contribution in [1.29, 1.82) is 0 Å². The maximum atomic E-state index is 12.6. The average molecular weight is 284 g/mol. The number of amides is 1. The number of carbonyl (C=O) groups is 1. The van der Waals surface area contributed by atoms with Crippen LogP contribution in [0.3, 0.4) is 0 Å². The van der Waals surface area contributed by atoms with Gasteiger partial charge >= 0.3 is 0 Å². The summed E-state index contributed by atoms with van der Waals surface area (Å²) < 4.78 is 1.57. The van der Waals surface area contributed by atoms with Crippen molar-refractivity contribution in [3.05, 3.63) is 47.8 Å². The van der Waals surface area contributed by atoms with Gasteiger partial charge in [0, 0.05) is 26.1 Å². The molecule has 0 unspecified atom stereocenters. The van der Waals surface area contributed by atoms with Gasteiger partial charge in [-0.3, -0.25) is 9.48 Å². The monoisotopic (exact) mass is 284 g/mol. The highest BCUT2D eigenvalue weighted by molar-refractivity contribution is 5.92. The lowest BCUT2D eigenvalue weighted by Crippen LogP contribution is -2.34. The van der Waals surface area contributed by atoms with Crippen molar-refractivity contribution in [3.8, 4) is 0 Å². The van der Waals surface area contributed by atoms with Crippen LogP contribution >= 0.6 is 0 Å². The minimum absolute atomic E-state index is 0.00840. The quantitative estimate of drug-likeness (QED) is 0.849. The Morgan fingerprint density at radius 3 is 2.76 bits per heavy atom. The summed E-state index contributed by atoms with van der Waals surface area (Å²) in [5.74, 6) is 0.403. The Kier molecular flexibility index (Phi) is 3.99. The maximum absolute atomic E-state index is 12.6. The molecule has 1 aromatic carbocycles. The Morgan fingerprint density at radius 1 is 1.24 bits per heavy atom. The van der Waals surface area contributed by atoms with E-state index in [1.54, 1.807) is 17.9 Å². The number of hydrogen-bond acceptors (Lipinski definition) is 3. The molecule has 1 aliphatic rings. The molecule has 5 nitrogen and oxygen atoms in total. The molecule has 1 amide bonds. The number of likely N-dealkylation sites (tertiary alicyclic amines) is 1. The molecule has 0 N–H and O–H groups in total. The molecule has 0 bridgehead atoms. The van der Waals surface area contributed by atoms with E-state index in [4.69, 9.17) is 0 Å². The van der Waals surface area contributed by atoms with Crippen LogP contribution in [0.25, 0.3) is 0 Å². The summed E-state index contributed by atoms with van der Waals surface area (Å²) in [5.41, 5.74) is 1.75. The van der Waals surface area contributed by atoms with E-state index < -0.39 is 0 Å². The van der Waals surface area contributed by atoms with E-state index in [9.17, 15) is 4.79 Å². The number of aryl methyl sites for hydroxylation is 1. The fourth-order valence-electron chi connectivity index (χ4n) is 2.93.